The third-order valence-corrected chi connectivity index (χ3v) is 3.99. The molecule has 2 nitrogen and oxygen atoms in total. The number of aliphatic carboxylic acids is 1. The SMILES string of the molecule is CCCCCCCCCCCCCCCCCC(=O)O.[CaH2].[NaH]. The Morgan fingerprint density at radius 3 is 1.18 bits per heavy atom. The van der Waals surface area contributed by atoms with Crippen molar-refractivity contribution in [3.63, 3.8) is 0 Å². The zero-order valence-electron chi connectivity index (χ0n) is 13.7. The molecule has 22 heavy (non-hydrogen) atoms. The van der Waals surface area contributed by atoms with E-state index in [1.807, 2.05) is 0 Å². The van der Waals surface area contributed by atoms with E-state index in [4.69, 9.17) is 5.11 Å². The van der Waals surface area contributed by atoms with Gasteiger partial charge in [-0.15, -0.1) is 0 Å². The van der Waals surface area contributed by atoms with Crippen LogP contribution in [-0.2, 0) is 4.79 Å². The molecule has 0 spiro atoms. The molecule has 0 rings (SSSR count). The first kappa shape index (κ1) is 28.5. The van der Waals surface area contributed by atoms with E-state index in [1.165, 1.54) is 83.5 Å². The van der Waals surface area contributed by atoms with Crippen molar-refractivity contribution in [2.45, 2.75) is 110 Å². The van der Waals surface area contributed by atoms with Crippen LogP contribution in [0.3, 0.4) is 0 Å². The fourth-order valence-electron chi connectivity index (χ4n) is 2.65. The molecular formula is C18H39CaNaO2. The van der Waals surface area contributed by atoms with Crippen molar-refractivity contribution in [2.75, 3.05) is 0 Å². The average molecular weight is 351 g/mol. The summed E-state index contributed by atoms with van der Waals surface area (Å²) in [5, 5.41) is 8.52. The summed E-state index contributed by atoms with van der Waals surface area (Å²) in [6, 6.07) is 0. The molecule has 0 radical (unpaired) electrons. The second kappa shape index (κ2) is 25.0. The normalized spacial score (nSPS) is 9.86. The van der Waals surface area contributed by atoms with Crippen molar-refractivity contribution < 1.29 is 9.90 Å². The van der Waals surface area contributed by atoms with Crippen LogP contribution in [0.2, 0.25) is 0 Å². The number of carboxylic acids is 1. The fourth-order valence-corrected chi connectivity index (χ4v) is 2.65. The fraction of sp³-hybridized carbons (Fsp3) is 0.944. The van der Waals surface area contributed by atoms with Gasteiger partial charge in [0.05, 0.1) is 0 Å². The van der Waals surface area contributed by atoms with Crippen LogP contribution in [0, 0.1) is 0 Å². The van der Waals surface area contributed by atoms with E-state index in [2.05, 4.69) is 6.92 Å². The Bertz CT molecular complexity index is 213. The van der Waals surface area contributed by atoms with Gasteiger partial charge in [-0.2, -0.15) is 0 Å². The molecule has 0 aromatic carbocycles. The van der Waals surface area contributed by atoms with Crippen molar-refractivity contribution in [1.82, 2.24) is 0 Å². The number of carbonyl (C=O) groups is 1. The van der Waals surface area contributed by atoms with Crippen molar-refractivity contribution in [1.29, 1.82) is 0 Å². The van der Waals surface area contributed by atoms with E-state index in [9.17, 15) is 4.79 Å². The van der Waals surface area contributed by atoms with Gasteiger partial charge in [-0.25, -0.2) is 0 Å². The molecule has 0 fully saturated rings. The summed E-state index contributed by atoms with van der Waals surface area (Å²) in [7, 11) is 0. The average Bonchev–Trinajstić information content (AvgIpc) is 2.43. The van der Waals surface area contributed by atoms with E-state index in [-0.39, 0.29) is 67.3 Å². The first-order chi connectivity index (χ1) is 9.77. The van der Waals surface area contributed by atoms with Crippen molar-refractivity contribution in [3.8, 4) is 0 Å². The van der Waals surface area contributed by atoms with Gasteiger partial charge in [-0.3, -0.25) is 4.79 Å². The summed E-state index contributed by atoms with van der Waals surface area (Å²) in [6.45, 7) is 2.27. The number of carboxylic acid groups (broad SMARTS) is 1. The summed E-state index contributed by atoms with van der Waals surface area (Å²) in [4.78, 5) is 10.3. The van der Waals surface area contributed by atoms with Crippen LogP contribution >= 0.6 is 0 Å². The molecule has 0 saturated carbocycles. The molecule has 0 heterocycles. The molecule has 4 heteroatoms. The molecule has 0 unspecified atom stereocenters. The summed E-state index contributed by atoms with van der Waals surface area (Å²) >= 11 is 0. The third kappa shape index (κ3) is 26.6. The second-order valence-corrected chi connectivity index (χ2v) is 6.09. The van der Waals surface area contributed by atoms with E-state index in [0.717, 1.165) is 12.8 Å². The van der Waals surface area contributed by atoms with Crippen LogP contribution < -0.4 is 0 Å². The molecule has 0 aliphatic rings. The topological polar surface area (TPSA) is 37.3 Å². The third-order valence-electron chi connectivity index (χ3n) is 3.99. The van der Waals surface area contributed by atoms with Crippen LogP contribution in [-0.4, -0.2) is 78.4 Å². The number of rotatable bonds is 16. The molecule has 0 aromatic rings. The standard InChI is InChI=1S/C18H36O2.Ca.Na.3H/c1-2-3-4-5-6-7-8-9-10-11-12-13-14-15-16-17-18(19)20;;;;;/h2-17H2,1H3,(H,19,20);;;;;. The van der Waals surface area contributed by atoms with Crippen LogP contribution in [0.1, 0.15) is 110 Å². The Kier molecular flexibility index (Phi) is 32.4. The Morgan fingerprint density at radius 1 is 0.636 bits per heavy atom. The Balaban J connectivity index is -0.00000180. The monoisotopic (exact) mass is 350 g/mol. The summed E-state index contributed by atoms with van der Waals surface area (Å²) in [5.74, 6) is -0.653. The molecule has 0 aliphatic carbocycles. The first-order valence-electron chi connectivity index (χ1n) is 8.99. The second-order valence-electron chi connectivity index (χ2n) is 6.09. The molecule has 0 amide bonds. The van der Waals surface area contributed by atoms with Gasteiger partial charge in [0.25, 0.3) is 0 Å². The van der Waals surface area contributed by atoms with Gasteiger partial charge in [0, 0.05) is 6.42 Å². The molecule has 0 atom stereocenters. The Hall–Kier alpha value is 1.73. The maximum absolute atomic E-state index is 10.3. The van der Waals surface area contributed by atoms with Gasteiger partial charge in [0.15, 0.2) is 0 Å². The summed E-state index contributed by atoms with van der Waals surface area (Å²) in [6.07, 6.45) is 20.2. The van der Waals surface area contributed by atoms with Crippen LogP contribution in [0.4, 0.5) is 0 Å². The number of hydrogen-bond acceptors (Lipinski definition) is 1. The molecule has 1 N–H and O–H groups in total. The predicted molar refractivity (Wildman–Crippen MR) is 103 cm³/mol. The van der Waals surface area contributed by atoms with Crippen LogP contribution in [0.5, 0.6) is 0 Å². The van der Waals surface area contributed by atoms with Crippen molar-refractivity contribution in [3.05, 3.63) is 0 Å². The van der Waals surface area contributed by atoms with Crippen LogP contribution in [0.25, 0.3) is 0 Å². The van der Waals surface area contributed by atoms with E-state index >= 15 is 0 Å². The maximum atomic E-state index is 10.3. The van der Waals surface area contributed by atoms with E-state index in [1.54, 1.807) is 0 Å². The van der Waals surface area contributed by atoms with Gasteiger partial charge in [-0.05, 0) is 6.42 Å². The molecule has 0 saturated heterocycles. The van der Waals surface area contributed by atoms with Crippen molar-refractivity contribution >= 4 is 73.3 Å². The zero-order valence-corrected chi connectivity index (χ0v) is 13.7. The quantitative estimate of drug-likeness (QED) is 0.322. The molecule has 0 bridgehead atoms. The Labute approximate surface area is 190 Å². The van der Waals surface area contributed by atoms with Crippen LogP contribution in [0.15, 0.2) is 0 Å². The summed E-state index contributed by atoms with van der Waals surface area (Å²) in [5.41, 5.74) is 0. The minimum absolute atomic E-state index is 0. The number of unbranched alkanes of at least 4 members (excludes halogenated alkanes) is 14. The zero-order chi connectivity index (χ0) is 14.9. The van der Waals surface area contributed by atoms with Gasteiger partial charge >= 0.3 is 73.3 Å². The van der Waals surface area contributed by atoms with Gasteiger partial charge in [0.1, 0.15) is 0 Å². The molecular weight excluding hydrogens is 311 g/mol. The molecule has 0 aromatic heterocycles. The summed E-state index contributed by atoms with van der Waals surface area (Å²) < 4.78 is 0. The molecule has 126 valence electrons. The van der Waals surface area contributed by atoms with Gasteiger partial charge in [-0.1, -0.05) is 96.8 Å². The first-order valence-corrected chi connectivity index (χ1v) is 8.99. The number of hydrogen-bond donors (Lipinski definition) is 1. The van der Waals surface area contributed by atoms with E-state index < -0.39 is 5.97 Å². The molecule has 0 aliphatic heterocycles. The minimum atomic E-state index is -0.653. The predicted octanol–water partition coefficient (Wildman–Crippen LogP) is 4.77. The Morgan fingerprint density at radius 2 is 0.909 bits per heavy atom. The van der Waals surface area contributed by atoms with Crippen molar-refractivity contribution in [2.24, 2.45) is 0 Å². The van der Waals surface area contributed by atoms with E-state index in [0.29, 0.717) is 6.42 Å². The van der Waals surface area contributed by atoms with Gasteiger partial charge < -0.3 is 5.11 Å². The van der Waals surface area contributed by atoms with Gasteiger partial charge in [0.2, 0.25) is 0 Å².